The van der Waals surface area contributed by atoms with Gasteiger partial charge in [0.2, 0.25) is 12.3 Å². The third-order valence-corrected chi connectivity index (χ3v) is 11.7. The van der Waals surface area contributed by atoms with Gasteiger partial charge in [-0.05, 0) is 41.5 Å². The molecule has 53 heavy (non-hydrogen) atoms. The number of carbonyl (C=O) groups excluding carboxylic acids is 5. The molecule has 5 N–H and O–H groups in total. The first-order chi connectivity index (χ1) is 24.9. The Morgan fingerprint density at radius 1 is 1.11 bits per heavy atom. The van der Waals surface area contributed by atoms with Crippen LogP contribution in [0.4, 0.5) is 14.7 Å². The molecule has 2 unspecified atom stereocenters. The number of anilines is 1. The number of β-lactam (4-membered cyclic amide) rings is 1. The molecule has 4 heterocycles. The van der Waals surface area contributed by atoms with Crippen molar-refractivity contribution >= 4 is 93.4 Å². The summed E-state index contributed by atoms with van der Waals surface area (Å²) in [5, 5.41) is 34.3. The number of ether oxygens (including phenoxy) is 2. The Kier molecular flexibility index (Phi) is 13.9. The molecular weight excluding hydrogens is 775 g/mol. The van der Waals surface area contributed by atoms with E-state index >= 15 is 0 Å². The summed E-state index contributed by atoms with van der Waals surface area (Å²) in [6.07, 6.45) is -0.425. The van der Waals surface area contributed by atoms with Gasteiger partial charge in [-0.3, -0.25) is 19.2 Å². The Hall–Kier alpha value is -4.22. The van der Waals surface area contributed by atoms with Gasteiger partial charge in [-0.2, -0.15) is 0 Å². The summed E-state index contributed by atoms with van der Waals surface area (Å²) >= 11 is 4.68. The topological polar surface area (TPSA) is 253 Å². The number of thiazole rings is 1. The number of oxime groups is 1. The average Bonchev–Trinajstić information content (AvgIpc) is 3.73. The van der Waals surface area contributed by atoms with Gasteiger partial charge in [-0.25, -0.2) is 14.6 Å². The van der Waals surface area contributed by atoms with Crippen molar-refractivity contribution in [2.24, 2.45) is 10.6 Å². The highest BCUT2D eigenvalue weighted by molar-refractivity contribution is 8.01. The summed E-state index contributed by atoms with van der Waals surface area (Å²) in [4.78, 5) is 85.0. The van der Waals surface area contributed by atoms with Crippen molar-refractivity contribution in [3.8, 4) is 0 Å². The van der Waals surface area contributed by atoms with Crippen LogP contribution in [0.1, 0.15) is 58.7 Å². The first-order valence-corrected chi connectivity index (χ1v) is 19.8. The molecule has 23 heteroatoms. The van der Waals surface area contributed by atoms with Crippen LogP contribution in [-0.4, -0.2) is 121 Å². The van der Waals surface area contributed by atoms with Crippen LogP contribution in [0.2, 0.25) is 0 Å². The second kappa shape index (κ2) is 17.7. The number of hydrogen-bond donors (Lipinski definition) is 5. The lowest BCUT2D eigenvalue weighted by Crippen LogP contribution is -2.74. The molecule has 0 aliphatic carbocycles. The molecule has 2 aliphatic heterocycles. The van der Waals surface area contributed by atoms with E-state index in [0.29, 0.717) is 22.2 Å². The number of aliphatic carboxylic acids is 1. The van der Waals surface area contributed by atoms with Crippen LogP contribution in [-0.2, 0) is 40.0 Å². The molecule has 290 valence electrons. The highest BCUT2D eigenvalue weighted by Gasteiger charge is 2.57. The molecule has 2 fully saturated rings. The Labute approximate surface area is 321 Å². The number of carboxylic acid groups (broad SMARTS) is 1. The van der Waals surface area contributed by atoms with E-state index in [9.17, 15) is 33.9 Å². The van der Waals surface area contributed by atoms with E-state index in [1.807, 2.05) is 0 Å². The number of rotatable bonds is 16. The summed E-state index contributed by atoms with van der Waals surface area (Å²) in [6, 6.07) is -0.968. The maximum Gasteiger partial charge on any atom is 0.408 e. The Balaban J connectivity index is 1.33. The number of alkyl carbamates (subject to hydrolysis) is 2. The van der Waals surface area contributed by atoms with Crippen LogP contribution < -0.4 is 21.3 Å². The van der Waals surface area contributed by atoms with Crippen LogP contribution in [0.15, 0.2) is 14.9 Å². The highest BCUT2D eigenvalue weighted by Crippen LogP contribution is 2.44. The number of aromatic nitrogens is 3. The van der Waals surface area contributed by atoms with Crippen molar-refractivity contribution in [1.29, 1.82) is 0 Å². The molecule has 4 rings (SSSR count). The molecule has 0 bridgehead atoms. The first-order valence-electron chi connectivity index (χ1n) is 16.1. The van der Waals surface area contributed by atoms with Gasteiger partial charge in [0.1, 0.15) is 45.3 Å². The summed E-state index contributed by atoms with van der Waals surface area (Å²) < 4.78 is 10.9. The SMILES string of the molecule is CC(C)(C)OC(=O)NCCCON=C(C(=O)NC1C(=O)N2CC(CSc3nnc(CNC(=O)OC(C)(C)C)s3)(C(=O)O)CS[C@H]12)c1csc(NC=O)n1. The maximum absolute atomic E-state index is 13.5. The van der Waals surface area contributed by atoms with Crippen LogP contribution in [0.3, 0.4) is 0 Å². The van der Waals surface area contributed by atoms with E-state index in [2.05, 4.69) is 41.6 Å². The Morgan fingerprint density at radius 3 is 2.47 bits per heavy atom. The fourth-order valence-electron chi connectivity index (χ4n) is 4.60. The van der Waals surface area contributed by atoms with E-state index in [4.69, 9.17) is 14.3 Å². The number of carboxylic acids is 1. The van der Waals surface area contributed by atoms with Gasteiger partial charge in [-0.1, -0.05) is 28.3 Å². The van der Waals surface area contributed by atoms with Crippen LogP contribution >= 0.6 is 46.2 Å². The van der Waals surface area contributed by atoms with E-state index < -0.39 is 58.0 Å². The van der Waals surface area contributed by atoms with Gasteiger partial charge in [0, 0.05) is 36.4 Å². The molecule has 2 saturated heterocycles. The maximum atomic E-state index is 13.5. The molecule has 2 aromatic rings. The standard InChI is InChI=1S/C30H41N9O10S4/c1-28(2,3)48-25(45)31-8-7-9-47-38-18(16-11-50-24(34-16)33-15-40)20(41)35-19-21(42)39-12-30(23(43)44,13-51-22(19)39)14-52-27-37-36-17(53-27)10-32-26(46)49-29(4,5)6/h11,15,19,22H,7-10,12-14H2,1-6H3,(H,31,45)(H,32,46)(H,35,41)(H,43,44)(H,33,34,40)/t19?,22-,30?/m1/s1. The summed E-state index contributed by atoms with van der Waals surface area (Å²) in [5.41, 5.74) is -2.77. The summed E-state index contributed by atoms with van der Waals surface area (Å²) in [5.74, 6) is -2.07. The number of thioether (sulfide) groups is 2. The lowest BCUT2D eigenvalue weighted by atomic mass is 9.89. The Bertz CT molecular complexity index is 1710. The molecule has 5 amide bonds. The minimum Gasteiger partial charge on any atom is -0.481 e. The fraction of sp³-hybridized carbons (Fsp3) is 0.600. The quantitative estimate of drug-likeness (QED) is 0.0408. The van der Waals surface area contributed by atoms with E-state index in [-0.39, 0.29) is 54.3 Å². The minimum atomic E-state index is -1.31. The van der Waals surface area contributed by atoms with E-state index in [0.717, 1.165) is 11.3 Å². The first kappa shape index (κ1) is 41.5. The van der Waals surface area contributed by atoms with Crippen LogP contribution in [0.5, 0.6) is 0 Å². The molecule has 0 aromatic carbocycles. The van der Waals surface area contributed by atoms with Crippen molar-refractivity contribution in [2.45, 2.75) is 81.5 Å². The number of fused-ring (bicyclic) bond motifs is 1. The Morgan fingerprint density at radius 2 is 1.81 bits per heavy atom. The molecule has 19 nitrogen and oxygen atoms in total. The lowest BCUT2D eigenvalue weighted by Gasteiger charge is -2.53. The van der Waals surface area contributed by atoms with E-state index in [1.54, 1.807) is 41.5 Å². The lowest BCUT2D eigenvalue weighted by molar-refractivity contribution is -0.157. The average molecular weight is 816 g/mol. The smallest absolute Gasteiger partial charge is 0.408 e. The van der Waals surface area contributed by atoms with Gasteiger partial charge >= 0.3 is 18.2 Å². The monoisotopic (exact) mass is 815 g/mol. The van der Waals surface area contributed by atoms with Crippen molar-refractivity contribution in [3.05, 3.63) is 16.1 Å². The van der Waals surface area contributed by atoms with Crippen molar-refractivity contribution in [1.82, 2.24) is 36.0 Å². The predicted octanol–water partition coefficient (Wildman–Crippen LogP) is 2.49. The van der Waals surface area contributed by atoms with Crippen molar-refractivity contribution in [3.63, 3.8) is 0 Å². The molecule has 2 aromatic heterocycles. The predicted molar refractivity (Wildman–Crippen MR) is 197 cm³/mol. The molecule has 0 saturated carbocycles. The van der Waals surface area contributed by atoms with Crippen LogP contribution in [0, 0.1) is 5.41 Å². The van der Waals surface area contributed by atoms with Gasteiger partial charge in [-0.15, -0.1) is 33.3 Å². The zero-order valence-electron chi connectivity index (χ0n) is 29.7. The summed E-state index contributed by atoms with van der Waals surface area (Å²) in [6.45, 7) is 10.7. The van der Waals surface area contributed by atoms with Crippen molar-refractivity contribution < 1.29 is 48.2 Å². The largest absolute Gasteiger partial charge is 0.481 e. The zero-order valence-corrected chi connectivity index (χ0v) is 33.0. The molecule has 0 radical (unpaired) electrons. The third kappa shape index (κ3) is 11.9. The number of carbonyl (C=O) groups is 6. The molecule has 3 atom stereocenters. The van der Waals surface area contributed by atoms with Gasteiger partial charge < -0.3 is 45.6 Å². The third-order valence-electron chi connectivity index (χ3n) is 6.97. The minimum absolute atomic E-state index is 0.0153. The zero-order chi connectivity index (χ0) is 39.0. The highest BCUT2D eigenvalue weighted by atomic mass is 32.2. The second-order valence-corrected chi connectivity index (χ2v) is 17.9. The molecule has 2 aliphatic rings. The second-order valence-electron chi connectivity index (χ2n) is 13.7. The normalized spacial score (nSPS) is 20.0. The van der Waals surface area contributed by atoms with Gasteiger partial charge in [0.25, 0.3) is 5.91 Å². The number of hydrogen-bond acceptors (Lipinski definition) is 17. The summed E-state index contributed by atoms with van der Waals surface area (Å²) in [7, 11) is 0. The van der Waals surface area contributed by atoms with Crippen molar-refractivity contribution in [2.75, 3.05) is 36.5 Å². The number of amides is 5. The number of nitrogens with zero attached hydrogens (tertiary/aromatic N) is 5. The van der Waals surface area contributed by atoms with E-state index in [1.165, 1.54) is 45.1 Å². The van der Waals surface area contributed by atoms with Gasteiger partial charge in [0.15, 0.2) is 15.2 Å². The van der Waals surface area contributed by atoms with Crippen LogP contribution in [0.25, 0.3) is 0 Å². The van der Waals surface area contributed by atoms with Gasteiger partial charge in [0.05, 0.1) is 6.54 Å². The fourth-order valence-corrected chi connectivity index (χ4v) is 8.95. The number of nitrogens with one attached hydrogen (secondary N) is 4. The molecule has 0 spiro atoms. The molecular formula is C30H41N9O10S4.